The molecule has 0 amide bonds. The minimum atomic E-state index is 0.376. The maximum absolute atomic E-state index is 4.36. The first kappa shape index (κ1) is 12.3. The smallest absolute Gasteiger partial charge is 0.156 e. The normalized spacial score (nSPS) is 10.8. The Hall–Kier alpha value is -1.14. The summed E-state index contributed by atoms with van der Waals surface area (Å²) in [4.78, 5) is 12.9. The van der Waals surface area contributed by atoms with Crippen molar-refractivity contribution in [3.63, 3.8) is 0 Å². The van der Waals surface area contributed by atoms with Gasteiger partial charge in [-0.1, -0.05) is 13.8 Å². The number of nitrogens with one attached hydrogen (secondary N) is 1. The summed E-state index contributed by atoms with van der Waals surface area (Å²) in [5.41, 5.74) is 1.15. The van der Waals surface area contributed by atoms with Gasteiger partial charge in [0.25, 0.3) is 0 Å². The van der Waals surface area contributed by atoms with E-state index in [4.69, 9.17) is 0 Å². The Morgan fingerprint density at radius 1 is 1.29 bits per heavy atom. The van der Waals surface area contributed by atoms with Gasteiger partial charge in [0.15, 0.2) is 4.34 Å². The fourth-order valence-corrected chi connectivity index (χ4v) is 3.30. The fourth-order valence-electron chi connectivity index (χ4n) is 1.52. The van der Waals surface area contributed by atoms with Crippen molar-refractivity contribution in [1.82, 2.24) is 15.0 Å². The molecule has 17 heavy (non-hydrogen) atoms. The first-order chi connectivity index (χ1) is 8.22. The lowest BCUT2D eigenvalue weighted by atomic mass is 10.1. The molecule has 2 heterocycles. The molecular weight excluding hydrogens is 252 g/mol. The molecule has 0 saturated heterocycles. The Kier molecular flexibility index (Phi) is 3.96. The van der Waals surface area contributed by atoms with Gasteiger partial charge in [-0.15, -0.1) is 11.3 Å². The molecule has 6 heteroatoms. The molecule has 0 aliphatic heterocycles. The van der Waals surface area contributed by atoms with E-state index in [1.54, 1.807) is 29.4 Å². The predicted molar refractivity (Wildman–Crippen MR) is 71.9 cm³/mol. The molecule has 0 unspecified atom stereocenters. The first-order valence-electron chi connectivity index (χ1n) is 5.32. The Bertz CT molecular complexity index is 482. The lowest BCUT2D eigenvalue weighted by molar-refractivity contribution is 0.806. The van der Waals surface area contributed by atoms with E-state index in [2.05, 4.69) is 34.1 Å². The van der Waals surface area contributed by atoms with Crippen LogP contribution >= 0.6 is 23.1 Å². The molecule has 2 aromatic heterocycles. The molecule has 0 saturated carbocycles. The van der Waals surface area contributed by atoms with Crippen molar-refractivity contribution in [2.24, 2.45) is 0 Å². The minimum absolute atomic E-state index is 0.376. The van der Waals surface area contributed by atoms with E-state index in [1.807, 2.05) is 18.6 Å². The van der Waals surface area contributed by atoms with Crippen molar-refractivity contribution in [1.29, 1.82) is 0 Å². The Balaban J connectivity index is 2.39. The highest BCUT2D eigenvalue weighted by Crippen LogP contribution is 2.35. The Labute approximate surface area is 109 Å². The van der Waals surface area contributed by atoms with Crippen LogP contribution in [-0.2, 0) is 0 Å². The monoisotopic (exact) mass is 266 g/mol. The van der Waals surface area contributed by atoms with Crippen LogP contribution in [0.15, 0.2) is 27.3 Å². The molecule has 0 aliphatic carbocycles. The van der Waals surface area contributed by atoms with Crippen molar-refractivity contribution in [3.8, 4) is 0 Å². The summed E-state index contributed by atoms with van der Waals surface area (Å²) in [5, 5.41) is 6.07. The molecule has 0 atom stereocenters. The minimum Gasteiger partial charge on any atom is -0.373 e. The fraction of sp³-hybridized carbons (Fsp3) is 0.364. The quantitative estimate of drug-likeness (QED) is 0.861. The molecule has 2 aromatic rings. The maximum Gasteiger partial charge on any atom is 0.156 e. The molecule has 0 spiro atoms. The van der Waals surface area contributed by atoms with Crippen LogP contribution in [0.4, 0.5) is 5.82 Å². The second-order valence-corrected chi connectivity index (χ2v) is 5.88. The second-order valence-electron chi connectivity index (χ2n) is 3.75. The summed E-state index contributed by atoms with van der Waals surface area (Å²) in [7, 11) is 1.88. The van der Waals surface area contributed by atoms with Gasteiger partial charge in [0, 0.05) is 24.2 Å². The van der Waals surface area contributed by atoms with Crippen molar-refractivity contribution in [3.05, 3.63) is 23.5 Å². The van der Waals surface area contributed by atoms with Gasteiger partial charge in [-0.3, -0.25) is 0 Å². The summed E-state index contributed by atoms with van der Waals surface area (Å²) in [6.45, 7) is 4.29. The zero-order chi connectivity index (χ0) is 12.3. The molecule has 0 fully saturated rings. The third-order valence-electron chi connectivity index (χ3n) is 2.26. The average Bonchev–Trinajstić information content (AvgIpc) is 2.81. The van der Waals surface area contributed by atoms with Crippen molar-refractivity contribution >= 4 is 28.9 Å². The molecule has 2 rings (SSSR count). The largest absolute Gasteiger partial charge is 0.373 e. The van der Waals surface area contributed by atoms with Gasteiger partial charge >= 0.3 is 0 Å². The van der Waals surface area contributed by atoms with E-state index in [0.717, 1.165) is 20.7 Å². The molecule has 0 aliphatic rings. The predicted octanol–water partition coefficient (Wildman–Crippen LogP) is 3.25. The van der Waals surface area contributed by atoms with Gasteiger partial charge in [0.2, 0.25) is 0 Å². The van der Waals surface area contributed by atoms with Crippen LogP contribution in [0.3, 0.4) is 0 Å². The maximum atomic E-state index is 4.36. The third kappa shape index (κ3) is 2.76. The van der Waals surface area contributed by atoms with Gasteiger partial charge in [-0.05, 0) is 17.7 Å². The van der Waals surface area contributed by atoms with E-state index < -0.39 is 0 Å². The Morgan fingerprint density at radius 2 is 2.12 bits per heavy atom. The highest BCUT2D eigenvalue weighted by atomic mass is 32.2. The number of hydrogen-bond acceptors (Lipinski definition) is 6. The number of rotatable bonds is 4. The first-order valence-corrected chi connectivity index (χ1v) is 7.02. The van der Waals surface area contributed by atoms with Crippen LogP contribution < -0.4 is 5.32 Å². The number of nitrogens with zero attached hydrogens (tertiary/aromatic N) is 3. The van der Waals surface area contributed by atoms with E-state index in [-0.39, 0.29) is 0 Å². The van der Waals surface area contributed by atoms with E-state index in [1.165, 1.54) is 0 Å². The van der Waals surface area contributed by atoms with E-state index >= 15 is 0 Å². The van der Waals surface area contributed by atoms with Crippen molar-refractivity contribution < 1.29 is 0 Å². The lowest BCUT2D eigenvalue weighted by Gasteiger charge is -2.14. The highest BCUT2D eigenvalue weighted by Gasteiger charge is 2.15. The average molecular weight is 266 g/mol. The van der Waals surface area contributed by atoms with Gasteiger partial charge in [0.1, 0.15) is 17.2 Å². The summed E-state index contributed by atoms with van der Waals surface area (Å²) >= 11 is 3.22. The molecule has 0 aromatic carbocycles. The van der Waals surface area contributed by atoms with Crippen LogP contribution in [-0.4, -0.2) is 22.0 Å². The molecule has 0 bridgehead atoms. The highest BCUT2D eigenvalue weighted by molar-refractivity contribution is 8.01. The molecular formula is C11H14N4S2. The topological polar surface area (TPSA) is 50.7 Å². The van der Waals surface area contributed by atoms with Crippen LogP contribution in [0, 0.1) is 0 Å². The summed E-state index contributed by atoms with van der Waals surface area (Å²) in [6, 6.07) is 0. The number of aromatic nitrogens is 3. The van der Waals surface area contributed by atoms with Gasteiger partial charge < -0.3 is 5.32 Å². The summed E-state index contributed by atoms with van der Waals surface area (Å²) in [6.07, 6.45) is 3.40. The zero-order valence-corrected chi connectivity index (χ0v) is 11.6. The third-order valence-corrected chi connectivity index (χ3v) is 4.16. The number of hydrogen-bond donors (Lipinski definition) is 1. The van der Waals surface area contributed by atoms with Crippen LogP contribution in [0.25, 0.3) is 0 Å². The van der Waals surface area contributed by atoms with Gasteiger partial charge in [-0.25, -0.2) is 15.0 Å². The summed E-state index contributed by atoms with van der Waals surface area (Å²) in [5.74, 6) is 1.27. The van der Waals surface area contributed by atoms with Crippen molar-refractivity contribution in [2.45, 2.75) is 29.1 Å². The second kappa shape index (κ2) is 5.46. The van der Waals surface area contributed by atoms with Gasteiger partial charge in [0.05, 0.1) is 0 Å². The number of anilines is 1. The number of thiazole rings is 1. The van der Waals surface area contributed by atoms with Crippen LogP contribution in [0.2, 0.25) is 0 Å². The van der Waals surface area contributed by atoms with E-state index in [0.29, 0.717) is 5.92 Å². The molecule has 4 nitrogen and oxygen atoms in total. The standard InChI is InChI=1S/C11H14N4S2/c1-7(2)8-9(12-3)14-6-15-10(8)17-11-13-4-5-16-11/h4-7H,1-3H3,(H,12,14,15). The van der Waals surface area contributed by atoms with Crippen LogP contribution in [0.5, 0.6) is 0 Å². The lowest BCUT2D eigenvalue weighted by Crippen LogP contribution is -2.03. The zero-order valence-electron chi connectivity index (χ0n) is 9.97. The van der Waals surface area contributed by atoms with E-state index in [9.17, 15) is 0 Å². The molecule has 1 N–H and O–H groups in total. The summed E-state index contributed by atoms with van der Waals surface area (Å²) < 4.78 is 1.01. The SMILES string of the molecule is CNc1ncnc(Sc2nccs2)c1C(C)C. The molecule has 0 radical (unpaired) electrons. The molecule has 90 valence electrons. The van der Waals surface area contributed by atoms with Crippen molar-refractivity contribution in [2.75, 3.05) is 12.4 Å². The Morgan fingerprint density at radius 3 is 2.71 bits per heavy atom. The van der Waals surface area contributed by atoms with Gasteiger partial charge in [-0.2, -0.15) is 0 Å². The van der Waals surface area contributed by atoms with Crippen LogP contribution in [0.1, 0.15) is 25.3 Å².